The summed E-state index contributed by atoms with van der Waals surface area (Å²) in [5, 5.41) is 2.70. The average Bonchev–Trinajstić information content (AvgIpc) is 2.62. The molecule has 0 bridgehead atoms. The molecule has 0 heterocycles. The summed E-state index contributed by atoms with van der Waals surface area (Å²) in [7, 11) is 1.30. The zero-order chi connectivity index (χ0) is 17.4. The first-order valence-corrected chi connectivity index (χ1v) is 7.81. The molecule has 1 amide bonds. The van der Waals surface area contributed by atoms with E-state index < -0.39 is 18.1 Å². The van der Waals surface area contributed by atoms with Crippen molar-refractivity contribution in [2.45, 2.75) is 24.9 Å². The molecule has 0 spiro atoms. The van der Waals surface area contributed by atoms with E-state index in [1.807, 2.05) is 60.7 Å². The zero-order valence-electron chi connectivity index (χ0n) is 13.6. The molecule has 0 aliphatic heterocycles. The van der Waals surface area contributed by atoms with Crippen molar-refractivity contribution in [3.05, 3.63) is 71.8 Å². The minimum atomic E-state index is -0.758. The molecule has 0 aromatic heterocycles. The van der Waals surface area contributed by atoms with Gasteiger partial charge in [-0.1, -0.05) is 60.7 Å². The van der Waals surface area contributed by atoms with E-state index in [4.69, 9.17) is 10.5 Å². The van der Waals surface area contributed by atoms with Crippen LogP contribution >= 0.6 is 0 Å². The largest absolute Gasteiger partial charge is 0.467 e. The van der Waals surface area contributed by atoms with Crippen molar-refractivity contribution < 1.29 is 14.3 Å². The van der Waals surface area contributed by atoms with Crippen LogP contribution in [0.25, 0.3) is 0 Å². The van der Waals surface area contributed by atoms with Crippen LogP contribution in [0.5, 0.6) is 0 Å². The molecule has 2 atom stereocenters. The van der Waals surface area contributed by atoms with E-state index in [1.54, 1.807) is 0 Å². The Balaban J connectivity index is 2.00. The third kappa shape index (κ3) is 5.21. The Bertz CT molecular complexity index is 659. The minimum Gasteiger partial charge on any atom is -0.467 e. The molecule has 0 radical (unpaired) electrons. The van der Waals surface area contributed by atoms with Crippen molar-refractivity contribution in [1.29, 1.82) is 0 Å². The average molecular weight is 326 g/mol. The number of methoxy groups -OCH3 is 1. The van der Waals surface area contributed by atoms with Gasteiger partial charge in [0, 0.05) is 6.42 Å². The van der Waals surface area contributed by atoms with E-state index in [1.165, 1.54) is 7.11 Å². The maximum Gasteiger partial charge on any atom is 0.328 e. The lowest BCUT2D eigenvalue weighted by Crippen LogP contribution is -2.50. The molecule has 0 saturated heterocycles. The number of carbonyl (C=O) groups is 2. The summed E-state index contributed by atoms with van der Waals surface area (Å²) in [5.41, 5.74) is 7.87. The lowest BCUT2D eigenvalue weighted by Gasteiger charge is -2.19. The molecule has 126 valence electrons. The Morgan fingerprint density at radius 2 is 1.46 bits per heavy atom. The van der Waals surface area contributed by atoms with Crippen LogP contribution in [-0.2, 0) is 27.2 Å². The van der Waals surface area contributed by atoms with Crippen molar-refractivity contribution in [2.75, 3.05) is 7.11 Å². The van der Waals surface area contributed by atoms with Crippen molar-refractivity contribution in [3.8, 4) is 0 Å². The van der Waals surface area contributed by atoms with Gasteiger partial charge in [0.25, 0.3) is 0 Å². The Labute approximate surface area is 141 Å². The maximum atomic E-state index is 12.3. The van der Waals surface area contributed by atoms with Gasteiger partial charge in [0.05, 0.1) is 13.2 Å². The Kier molecular flexibility index (Phi) is 6.51. The molecule has 0 aliphatic carbocycles. The standard InChI is InChI=1S/C19H22N2O3/c1-24-19(23)17(13-15-10-6-3-7-11-15)21-18(22)16(20)12-14-8-4-2-5-9-14/h2-11,16-17H,12-13,20H2,1H3,(H,21,22)/t16-,17+/m0/s1. The number of hydrogen-bond acceptors (Lipinski definition) is 4. The highest BCUT2D eigenvalue weighted by Gasteiger charge is 2.24. The van der Waals surface area contributed by atoms with Gasteiger partial charge in [0.1, 0.15) is 6.04 Å². The first kappa shape index (κ1) is 17.7. The predicted octanol–water partition coefficient (Wildman–Crippen LogP) is 1.46. The second-order valence-corrected chi connectivity index (χ2v) is 5.57. The predicted molar refractivity (Wildman–Crippen MR) is 92.2 cm³/mol. The molecule has 0 unspecified atom stereocenters. The van der Waals surface area contributed by atoms with Crippen LogP contribution in [0, 0.1) is 0 Å². The molecule has 0 aliphatic rings. The fourth-order valence-electron chi connectivity index (χ4n) is 2.42. The lowest BCUT2D eigenvalue weighted by molar-refractivity contribution is -0.145. The van der Waals surface area contributed by atoms with Crippen LogP contribution in [0.3, 0.4) is 0 Å². The number of nitrogens with two attached hydrogens (primary N) is 1. The highest BCUT2D eigenvalue weighted by molar-refractivity contribution is 5.87. The Hall–Kier alpha value is -2.66. The number of ether oxygens (including phenoxy) is 1. The fourth-order valence-corrected chi connectivity index (χ4v) is 2.42. The van der Waals surface area contributed by atoms with Crippen LogP contribution in [-0.4, -0.2) is 31.1 Å². The van der Waals surface area contributed by atoms with Crippen LogP contribution in [0.2, 0.25) is 0 Å². The molecule has 2 aromatic rings. The summed E-state index contributed by atoms with van der Waals surface area (Å²) in [6.45, 7) is 0. The van der Waals surface area contributed by atoms with Gasteiger partial charge in [-0.15, -0.1) is 0 Å². The summed E-state index contributed by atoms with van der Waals surface area (Å²) in [6, 6.07) is 17.5. The van der Waals surface area contributed by atoms with Crippen LogP contribution < -0.4 is 11.1 Å². The van der Waals surface area contributed by atoms with Crippen molar-refractivity contribution in [1.82, 2.24) is 5.32 Å². The SMILES string of the molecule is COC(=O)[C@@H](Cc1ccccc1)NC(=O)[C@@H](N)Cc1ccccc1. The Morgan fingerprint density at radius 1 is 0.958 bits per heavy atom. The van der Waals surface area contributed by atoms with E-state index in [-0.39, 0.29) is 5.91 Å². The number of rotatable bonds is 7. The molecule has 5 nitrogen and oxygen atoms in total. The van der Waals surface area contributed by atoms with Gasteiger partial charge in [-0.2, -0.15) is 0 Å². The van der Waals surface area contributed by atoms with Gasteiger partial charge in [0.2, 0.25) is 5.91 Å². The van der Waals surface area contributed by atoms with E-state index >= 15 is 0 Å². The third-order valence-corrected chi connectivity index (χ3v) is 3.72. The summed E-state index contributed by atoms with van der Waals surface area (Å²) in [6.07, 6.45) is 0.767. The third-order valence-electron chi connectivity index (χ3n) is 3.72. The first-order valence-electron chi connectivity index (χ1n) is 7.81. The van der Waals surface area contributed by atoms with Gasteiger partial charge in [-0.25, -0.2) is 4.79 Å². The van der Waals surface area contributed by atoms with Gasteiger partial charge < -0.3 is 15.8 Å². The van der Waals surface area contributed by atoms with E-state index in [9.17, 15) is 9.59 Å². The van der Waals surface area contributed by atoms with Gasteiger partial charge in [-0.05, 0) is 17.5 Å². The number of carbonyl (C=O) groups excluding carboxylic acids is 2. The van der Waals surface area contributed by atoms with Crippen LogP contribution in [0.4, 0.5) is 0 Å². The normalized spacial score (nSPS) is 12.9. The Morgan fingerprint density at radius 3 is 1.96 bits per heavy atom. The molecule has 0 fully saturated rings. The molecular formula is C19H22N2O3. The number of amides is 1. The molecule has 0 saturated carbocycles. The molecule has 2 rings (SSSR count). The van der Waals surface area contributed by atoms with Crippen LogP contribution in [0.1, 0.15) is 11.1 Å². The first-order chi connectivity index (χ1) is 11.6. The van der Waals surface area contributed by atoms with Crippen molar-refractivity contribution in [2.24, 2.45) is 5.73 Å². The summed E-state index contributed by atoms with van der Waals surface area (Å²) >= 11 is 0. The van der Waals surface area contributed by atoms with Gasteiger partial charge in [0.15, 0.2) is 0 Å². The molecule has 24 heavy (non-hydrogen) atoms. The fraction of sp³-hybridized carbons (Fsp3) is 0.263. The molecule has 2 aromatic carbocycles. The number of nitrogens with one attached hydrogen (secondary N) is 1. The number of benzene rings is 2. The van der Waals surface area contributed by atoms with Crippen molar-refractivity contribution >= 4 is 11.9 Å². The lowest BCUT2D eigenvalue weighted by atomic mass is 10.0. The van der Waals surface area contributed by atoms with Gasteiger partial charge in [-0.3, -0.25) is 4.79 Å². The number of esters is 1. The summed E-state index contributed by atoms with van der Waals surface area (Å²) in [5.74, 6) is -0.857. The highest BCUT2D eigenvalue weighted by Crippen LogP contribution is 2.06. The van der Waals surface area contributed by atoms with E-state index in [2.05, 4.69) is 5.32 Å². The second-order valence-electron chi connectivity index (χ2n) is 5.57. The minimum absolute atomic E-state index is 0.358. The second kappa shape index (κ2) is 8.84. The summed E-state index contributed by atoms with van der Waals surface area (Å²) in [4.78, 5) is 24.3. The molecular weight excluding hydrogens is 304 g/mol. The molecule has 3 N–H and O–H groups in total. The van der Waals surface area contributed by atoms with E-state index in [0.29, 0.717) is 12.8 Å². The highest BCUT2D eigenvalue weighted by atomic mass is 16.5. The zero-order valence-corrected chi connectivity index (χ0v) is 13.6. The number of hydrogen-bond donors (Lipinski definition) is 2. The smallest absolute Gasteiger partial charge is 0.328 e. The maximum absolute atomic E-state index is 12.3. The quantitative estimate of drug-likeness (QED) is 0.755. The topological polar surface area (TPSA) is 81.4 Å². The van der Waals surface area contributed by atoms with Crippen molar-refractivity contribution in [3.63, 3.8) is 0 Å². The van der Waals surface area contributed by atoms with Crippen LogP contribution in [0.15, 0.2) is 60.7 Å². The molecule has 5 heteroatoms. The van der Waals surface area contributed by atoms with Gasteiger partial charge >= 0.3 is 5.97 Å². The monoisotopic (exact) mass is 326 g/mol. The van der Waals surface area contributed by atoms with E-state index in [0.717, 1.165) is 11.1 Å². The summed E-state index contributed by atoms with van der Waals surface area (Å²) < 4.78 is 4.79.